The van der Waals surface area contributed by atoms with Gasteiger partial charge in [0.05, 0.1) is 7.11 Å². The van der Waals surface area contributed by atoms with Gasteiger partial charge in [-0.15, -0.1) is 0 Å². The molecule has 0 saturated carbocycles. The molecule has 2 atom stereocenters. The van der Waals surface area contributed by atoms with E-state index >= 15 is 0 Å². The van der Waals surface area contributed by atoms with Crippen LogP contribution in [0.15, 0.2) is 18.2 Å². The Morgan fingerprint density at radius 3 is 2.86 bits per heavy atom. The van der Waals surface area contributed by atoms with Crippen LogP contribution in [-0.4, -0.2) is 13.2 Å². The second-order valence-electron chi connectivity index (χ2n) is 4.06. The average Bonchev–Trinajstić information content (AvgIpc) is 2.16. The van der Waals surface area contributed by atoms with Gasteiger partial charge in [0.25, 0.3) is 0 Å². The van der Waals surface area contributed by atoms with Crippen LogP contribution in [0.1, 0.15) is 31.0 Å². The van der Waals surface area contributed by atoms with Crippen LogP contribution >= 0.6 is 0 Å². The van der Waals surface area contributed by atoms with E-state index in [0.29, 0.717) is 12.1 Å². The monoisotopic (exact) mass is 191 g/mol. The van der Waals surface area contributed by atoms with Crippen molar-refractivity contribution in [3.63, 3.8) is 0 Å². The summed E-state index contributed by atoms with van der Waals surface area (Å²) in [6.07, 6.45) is 1.09. The summed E-state index contributed by atoms with van der Waals surface area (Å²) >= 11 is 0. The van der Waals surface area contributed by atoms with Gasteiger partial charge in [0.1, 0.15) is 5.75 Å². The zero-order valence-corrected chi connectivity index (χ0v) is 9.00. The predicted molar refractivity (Wildman–Crippen MR) is 57.7 cm³/mol. The van der Waals surface area contributed by atoms with Crippen LogP contribution in [-0.2, 0) is 6.42 Å². The Labute approximate surface area is 85.3 Å². The van der Waals surface area contributed by atoms with Crippen molar-refractivity contribution >= 4 is 0 Å². The molecule has 0 radical (unpaired) electrons. The van der Waals surface area contributed by atoms with Crippen LogP contribution in [0.25, 0.3) is 0 Å². The highest BCUT2D eigenvalue weighted by Gasteiger charge is 2.20. The summed E-state index contributed by atoms with van der Waals surface area (Å²) in [7, 11) is 1.72. The molecule has 2 rings (SSSR count). The van der Waals surface area contributed by atoms with Gasteiger partial charge in [-0.25, -0.2) is 0 Å². The molecule has 0 amide bonds. The minimum atomic E-state index is 0.458. The summed E-state index contributed by atoms with van der Waals surface area (Å²) in [5.41, 5.74) is 2.83. The van der Waals surface area contributed by atoms with Crippen molar-refractivity contribution in [3.8, 4) is 5.75 Å². The molecule has 14 heavy (non-hydrogen) atoms. The van der Waals surface area contributed by atoms with Gasteiger partial charge in [0.2, 0.25) is 0 Å². The van der Waals surface area contributed by atoms with Crippen molar-refractivity contribution in [2.24, 2.45) is 0 Å². The molecular formula is C12H17NO. The van der Waals surface area contributed by atoms with E-state index in [1.54, 1.807) is 7.11 Å². The molecule has 2 heteroatoms. The Morgan fingerprint density at radius 1 is 1.36 bits per heavy atom. The summed E-state index contributed by atoms with van der Waals surface area (Å²) in [5, 5.41) is 3.53. The number of hydrogen-bond donors (Lipinski definition) is 1. The normalized spacial score (nSPS) is 25.6. The first-order chi connectivity index (χ1) is 6.70. The number of methoxy groups -OCH3 is 1. The number of rotatable bonds is 1. The van der Waals surface area contributed by atoms with Gasteiger partial charge in [-0.3, -0.25) is 0 Å². The van der Waals surface area contributed by atoms with Gasteiger partial charge in [0, 0.05) is 12.1 Å². The summed E-state index contributed by atoms with van der Waals surface area (Å²) in [6, 6.07) is 7.37. The fourth-order valence-electron chi connectivity index (χ4n) is 2.21. The molecule has 1 aliphatic rings. The number of nitrogens with one attached hydrogen (secondary N) is 1. The van der Waals surface area contributed by atoms with E-state index in [4.69, 9.17) is 4.74 Å². The molecule has 0 bridgehead atoms. The molecule has 1 aromatic rings. The van der Waals surface area contributed by atoms with Crippen LogP contribution < -0.4 is 10.1 Å². The highest BCUT2D eigenvalue weighted by atomic mass is 16.5. The summed E-state index contributed by atoms with van der Waals surface area (Å²) in [5.74, 6) is 0.963. The molecule has 1 heterocycles. The fraction of sp³-hybridized carbons (Fsp3) is 0.500. The molecule has 1 aliphatic heterocycles. The highest BCUT2D eigenvalue weighted by Crippen LogP contribution is 2.28. The summed E-state index contributed by atoms with van der Waals surface area (Å²) in [6.45, 7) is 4.43. The molecule has 0 aliphatic carbocycles. The van der Waals surface area contributed by atoms with Crippen LogP contribution in [0, 0.1) is 0 Å². The minimum Gasteiger partial charge on any atom is -0.497 e. The molecule has 0 aromatic heterocycles. The molecule has 2 nitrogen and oxygen atoms in total. The number of hydrogen-bond acceptors (Lipinski definition) is 2. The Morgan fingerprint density at radius 2 is 2.14 bits per heavy atom. The predicted octanol–water partition coefficient (Wildman–Crippen LogP) is 2.29. The largest absolute Gasteiger partial charge is 0.497 e. The van der Waals surface area contributed by atoms with E-state index in [0.717, 1.165) is 12.2 Å². The van der Waals surface area contributed by atoms with Gasteiger partial charge < -0.3 is 10.1 Å². The Kier molecular flexibility index (Phi) is 2.46. The van der Waals surface area contributed by atoms with E-state index in [2.05, 4.69) is 31.3 Å². The number of fused-ring (bicyclic) bond motifs is 1. The molecule has 0 unspecified atom stereocenters. The zero-order chi connectivity index (χ0) is 10.1. The van der Waals surface area contributed by atoms with E-state index in [1.807, 2.05) is 6.07 Å². The number of benzene rings is 1. The lowest BCUT2D eigenvalue weighted by Gasteiger charge is -2.29. The van der Waals surface area contributed by atoms with Crippen LogP contribution in [0.5, 0.6) is 5.75 Å². The molecule has 0 saturated heterocycles. The lowest BCUT2D eigenvalue weighted by Crippen LogP contribution is -2.35. The third-order valence-corrected chi connectivity index (χ3v) is 2.88. The van der Waals surface area contributed by atoms with Gasteiger partial charge in [-0.05, 0) is 43.5 Å². The summed E-state index contributed by atoms with van der Waals surface area (Å²) < 4.78 is 5.23. The first-order valence-corrected chi connectivity index (χ1v) is 5.13. The van der Waals surface area contributed by atoms with Crippen molar-refractivity contribution in [1.29, 1.82) is 0 Å². The SMILES string of the molecule is COc1ccc2c(c1)C[C@@H](C)N[C@H]2C. The molecule has 1 N–H and O–H groups in total. The molecule has 0 spiro atoms. The van der Waals surface area contributed by atoms with E-state index in [1.165, 1.54) is 11.1 Å². The van der Waals surface area contributed by atoms with Gasteiger partial charge in [-0.1, -0.05) is 6.07 Å². The van der Waals surface area contributed by atoms with Crippen molar-refractivity contribution < 1.29 is 4.74 Å². The minimum absolute atomic E-state index is 0.458. The van der Waals surface area contributed by atoms with E-state index in [9.17, 15) is 0 Å². The quantitative estimate of drug-likeness (QED) is 0.735. The Balaban J connectivity index is 2.39. The lowest BCUT2D eigenvalue weighted by atomic mass is 9.91. The van der Waals surface area contributed by atoms with Crippen molar-refractivity contribution in [2.45, 2.75) is 32.4 Å². The molecule has 76 valence electrons. The Bertz CT molecular complexity index is 335. The number of ether oxygens (including phenoxy) is 1. The average molecular weight is 191 g/mol. The zero-order valence-electron chi connectivity index (χ0n) is 9.00. The maximum atomic E-state index is 5.23. The summed E-state index contributed by atoms with van der Waals surface area (Å²) in [4.78, 5) is 0. The standard InChI is InChI=1S/C12H17NO/c1-8-6-10-7-11(14-3)4-5-12(10)9(2)13-8/h4-5,7-9,13H,6H2,1-3H3/t8-,9+/m1/s1. The molecule has 0 fully saturated rings. The van der Waals surface area contributed by atoms with Crippen LogP contribution in [0.3, 0.4) is 0 Å². The third kappa shape index (κ3) is 1.62. The maximum Gasteiger partial charge on any atom is 0.119 e. The van der Waals surface area contributed by atoms with E-state index in [-0.39, 0.29) is 0 Å². The second kappa shape index (κ2) is 3.62. The molecular weight excluding hydrogens is 174 g/mol. The Hall–Kier alpha value is -1.02. The van der Waals surface area contributed by atoms with Gasteiger partial charge in [-0.2, -0.15) is 0 Å². The second-order valence-corrected chi connectivity index (χ2v) is 4.06. The highest BCUT2D eigenvalue weighted by molar-refractivity contribution is 5.39. The third-order valence-electron chi connectivity index (χ3n) is 2.88. The smallest absolute Gasteiger partial charge is 0.119 e. The lowest BCUT2D eigenvalue weighted by molar-refractivity contribution is 0.408. The van der Waals surface area contributed by atoms with E-state index < -0.39 is 0 Å². The van der Waals surface area contributed by atoms with Gasteiger partial charge in [0.15, 0.2) is 0 Å². The first kappa shape index (κ1) is 9.53. The topological polar surface area (TPSA) is 21.3 Å². The fourth-order valence-corrected chi connectivity index (χ4v) is 2.21. The van der Waals surface area contributed by atoms with Crippen molar-refractivity contribution in [2.75, 3.05) is 7.11 Å². The van der Waals surface area contributed by atoms with Crippen LogP contribution in [0.4, 0.5) is 0 Å². The van der Waals surface area contributed by atoms with Crippen molar-refractivity contribution in [1.82, 2.24) is 5.32 Å². The van der Waals surface area contributed by atoms with Crippen LogP contribution in [0.2, 0.25) is 0 Å². The maximum absolute atomic E-state index is 5.23. The van der Waals surface area contributed by atoms with Crippen molar-refractivity contribution in [3.05, 3.63) is 29.3 Å². The first-order valence-electron chi connectivity index (χ1n) is 5.13. The molecule has 1 aromatic carbocycles. The van der Waals surface area contributed by atoms with Gasteiger partial charge >= 0.3 is 0 Å².